The monoisotopic (exact) mass is 358 g/mol. The standard InChI is InChI=1S/C20H26N2O4/c23-18(16-4-2-1-3-5-16)22-14-17(19(24)21-8-12-26-13-9-21)20(15-22)6-10-25-11-7-20/h1-5,17H,6-15H2/t17-/m1/s1. The Bertz CT molecular complexity index is 651. The van der Waals surface area contributed by atoms with Crippen LogP contribution in [0, 0.1) is 11.3 Å². The van der Waals surface area contributed by atoms with Crippen molar-refractivity contribution in [3.8, 4) is 0 Å². The van der Waals surface area contributed by atoms with Gasteiger partial charge in [0.05, 0.1) is 19.1 Å². The first-order valence-electron chi connectivity index (χ1n) is 9.48. The van der Waals surface area contributed by atoms with Crippen molar-refractivity contribution >= 4 is 11.8 Å². The highest BCUT2D eigenvalue weighted by atomic mass is 16.5. The van der Waals surface area contributed by atoms with Crippen LogP contribution < -0.4 is 0 Å². The van der Waals surface area contributed by atoms with Gasteiger partial charge in [0.2, 0.25) is 5.91 Å². The van der Waals surface area contributed by atoms with Crippen LogP contribution in [-0.2, 0) is 14.3 Å². The molecule has 2 amide bonds. The highest BCUT2D eigenvalue weighted by molar-refractivity contribution is 5.95. The predicted molar refractivity (Wildman–Crippen MR) is 95.7 cm³/mol. The maximum atomic E-state index is 13.3. The zero-order valence-electron chi connectivity index (χ0n) is 15.1. The highest BCUT2D eigenvalue weighted by Gasteiger charge is 2.52. The quantitative estimate of drug-likeness (QED) is 0.802. The van der Waals surface area contributed by atoms with Crippen molar-refractivity contribution in [3.05, 3.63) is 35.9 Å². The van der Waals surface area contributed by atoms with Gasteiger partial charge in [0, 0.05) is 50.4 Å². The molecule has 3 saturated heterocycles. The zero-order valence-corrected chi connectivity index (χ0v) is 15.1. The zero-order chi connectivity index (χ0) is 18.0. The molecule has 0 aromatic heterocycles. The smallest absolute Gasteiger partial charge is 0.253 e. The molecule has 1 aromatic rings. The van der Waals surface area contributed by atoms with Crippen LogP contribution >= 0.6 is 0 Å². The van der Waals surface area contributed by atoms with Gasteiger partial charge in [0.25, 0.3) is 5.91 Å². The Balaban J connectivity index is 1.57. The summed E-state index contributed by atoms with van der Waals surface area (Å²) in [6, 6.07) is 9.35. The second-order valence-corrected chi connectivity index (χ2v) is 7.52. The van der Waals surface area contributed by atoms with Crippen LogP contribution in [0.1, 0.15) is 23.2 Å². The summed E-state index contributed by atoms with van der Waals surface area (Å²) >= 11 is 0. The van der Waals surface area contributed by atoms with Crippen molar-refractivity contribution in [2.24, 2.45) is 11.3 Å². The van der Waals surface area contributed by atoms with Crippen LogP contribution in [0.15, 0.2) is 30.3 Å². The summed E-state index contributed by atoms with van der Waals surface area (Å²) in [4.78, 5) is 30.0. The number of rotatable bonds is 2. The molecule has 4 rings (SSSR count). The highest BCUT2D eigenvalue weighted by Crippen LogP contribution is 2.45. The minimum Gasteiger partial charge on any atom is -0.381 e. The molecule has 0 unspecified atom stereocenters. The van der Waals surface area contributed by atoms with E-state index in [0.717, 1.165) is 12.8 Å². The first-order valence-corrected chi connectivity index (χ1v) is 9.48. The van der Waals surface area contributed by atoms with Crippen molar-refractivity contribution in [1.82, 2.24) is 9.80 Å². The fourth-order valence-electron chi connectivity index (χ4n) is 4.52. The van der Waals surface area contributed by atoms with Gasteiger partial charge < -0.3 is 19.3 Å². The third kappa shape index (κ3) is 3.23. The van der Waals surface area contributed by atoms with Crippen molar-refractivity contribution in [1.29, 1.82) is 0 Å². The average Bonchev–Trinajstić information content (AvgIpc) is 3.07. The van der Waals surface area contributed by atoms with Gasteiger partial charge in [0.15, 0.2) is 0 Å². The topological polar surface area (TPSA) is 59.1 Å². The maximum absolute atomic E-state index is 13.3. The van der Waals surface area contributed by atoms with Crippen LogP contribution in [-0.4, -0.2) is 74.2 Å². The molecule has 26 heavy (non-hydrogen) atoms. The number of hydrogen-bond acceptors (Lipinski definition) is 4. The molecule has 0 N–H and O–H groups in total. The van der Waals surface area contributed by atoms with Crippen LogP contribution in [0.5, 0.6) is 0 Å². The van der Waals surface area contributed by atoms with Gasteiger partial charge in [0.1, 0.15) is 0 Å². The molecule has 6 nitrogen and oxygen atoms in total. The molecule has 3 heterocycles. The van der Waals surface area contributed by atoms with Crippen molar-refractivity contribution < 1.29 is 19.1 Å². The fourth-order valence-corrected chi connectivity index (χ4v) is 4.52. The Labute approximate surface area is 154 Å². The van der Waals surface area contributed by atoms with Crippen molar-refractivity contribution in [2.45, 2.75) is 12.8 Å². The number of carbonyl (C=O) groups excluding carboxylic acids is 2. The molecule has 0 bridgehead atoms. The van der Waals surface area contributed by atoms with E-state index in [4.69, 9.17) is 9.47 Å². The molecule has 140 valence electrons. The molecule has 0 aliphatic carbocycles. The number of likely N-dealkylation sites (tertiary alicyclic amines) is 1. The average molecular weight is 358 g/mol. The summed E-state index contributed by atoms with van der Waals surface area (Å²) < 4.78 is 11.0. The molecular formula is C20H26N2O4. The third-order valence-electron chi connectivity index (χ3n) is 6.07. The Hall–Kier alpha value is -1.92. The van der Waals surface area contributed by atoms with Gasteiger partial charge in [-0.25, -0.2) is 0 Å². The minimum atomic E-state index is -0.155. The summed E-state index contributed by atoms with van der Waals surface area (Å²) in [7, 11) is 0. The summed E-state index contributed by atoms with van der Waals surface area (Å²) in [5.74, 6) is 0.0597. The van der Waals surface area contributed by atoms with Crippen LogP contribution in [0.25, 0.3) is 0 Å². The van der Waals surface area contributed by atoms with Crippen LogP contribution in [0.4, 0.5) is 0 Å². The SMILES string of the molecule is O=C(c1ccccc1)N1C[C@H](C(=O)N2CCOCC2)C2(CCOCC2)C1. The fraction of sp³-hybridized carbons (Fsp3) is 0.600. The first-order chi connectivity index (χ1) is 12.7. The van der Waals surface area contributed by atoms with Gasteiger partial charge in [-0.15, -0.1) is 0 Å². The number of morpholine rings is 1. The van der Waals surface area contributed by atoms with Gasteiger partial charge in [-0.2, -0.15) is 0 Å². The van der Waals surface area contributed by atoms with E-state index >= 15 is 0 Å². The molecule has 3 aliphatic rings. The third-order valence-corrected chi connectivity index (χ3v) is 6.07. The van der Waals surface area contributed by atoms with E-state index in [1.807, 2.05) is 40.1 Å². The van der Waals surface area contributed by atoms with Gasteiger partial charge in [-0.3, -0.25) is 9.59 Å². The van der Waals surface area contributed by atoms with Crippen LogP contribution in [0.2, 0.25) is 0 Å². The van der Waals surface area contributed by atoms with E-state index in [1.165, 1.54) is 0 Å². The number of carbonyl (C=O) groups is 2. The van der Waals surface area contributed by atoms with Gasteiger partial charge in [-0.05, 0) is 25.0 Å². The predicted octanol–water partition coefficient (Wildman–Crippen LogP) is 1.41. The maximum Gasteiger partial charge on any atom is 0.253 e. The number of nitrogens with zero attached hydrogens (tertiary/aromatic N) is 2. The lowest BCUT2D eigenvalue weighted by Gasteiger charge is -2.39. The van der Waals surface area contributed by atoms with E-state index in [-0.39, 0.29) is 23.1 Å². The lowest BCUT2D eigenvalue weighted by Crippen LogP contribution is -2.49. The molecule has 0 saturated carbocycles. The van der Waals surface area contributed by atoms with E-state index < -0.39 is 0 Å². The van der Waals surface area contributed by atoms with Crippen LogP contribution in [0.3, 0.4) is 0 Å². The largest absolute Gasteiger partial charge is 0.381 e. The molecule has 1 aromatic carbocycles. The van der Waals surface area contributed by atoms with E-state index in [2.05, 4.69) is 0 Å². The van der Waals surface area contributed by atoms with Crippen molar-refractivity contribution in [2.75, 3.05) is 52.6 Å². The lowest BCUT2D eigenvalue weighted by atomic mass is 9.71. The van der Waals surface area contributed by atoms with E-state index in [9.17, 15) is 9.59 Å². The molecule has 3 aliphatic heterocycles. The Morgan fingerprint density at radius 2 is 1.58 bits per heavy atom. The molecule has 1 spiro atoms. The molecule has 1 atom stereocenters. The second kappa shape index (κ2) is 7.37. The molecular weight excluding hydrogens is 332 g/mol. The Morgan fingerprint density at radius 1 is 0.923 bits per heavy atom. The molecule has 3 fully saturated rings. The summed E-state index contributed by atoms with van der Waals surface area (Å²) in [6.45, 7) is 4.97. The normalized spacial score (nSPS) is 25.5. The summed E-state index contributed by atoms with van der Waals surface area (Å²) in [6.07, 6.45) is 1.68. The lowest BCUT2D eigenvalue weighted by molar-refractivity contribution is -0.144. The molecule has 6 heteroatoms. The number of hydrogen-bond donors (Lipinski definition) is 0. The summed E-state index contributed by atoms with van der Waals surface area (Å²) in [5, 5.41) is 0. The number of benzene rings is 1. The number of amides is 2. The number of ether oxygens (including phenoxy) is 2. The summed E-state index contributed by atoms with van der Waals surface area (Å²) in [5.41, 5.74) is 0.534. The van der Waals surface area contributed by atoms with Gasteiger partial charge in [-0.1, -0.05) is 18.2 Å². The first kappa shape index (κ1) is 17.5. The van der Waals surface area contributed by atoms with Crippen molar-refractivity contribution in [3.63, 3.8) is 0 Å². The Morgan fingerprint density at radius 3 is 2.27 bits per heavy atom. The minimum absolute atomic E-state index is 0.0220. The molecule has 0 radical (unpaired) electrons. The Kier molecular flexibility index (Phi) is 4.96. The van der Waals surface area contributed by atoms with E-state index in [1.54, 1.807) is 0 Å². The van der Waals surface area contributed by atoms with E-state index in [0.29, 0.717) is 58.2 Å². The van der Waals surface area contributed by atoms with Gasteiger partial charge >= 0.3 is 0 Å². The second-order valence-electron chi connectivity index (χ2n) is 7.52.